The highest BCUT2D eigenvalue weighted by Crippen LogP contribution is 2.21. The van der Waals surface area contributed by atoms with Gasteiger partial charge in [-0.05, 0) is 24.6 Å². The van der Waals surface area contributed by atoms with E-state index in [0.717, 1.165) is 11.1 Å². The Morgan fingerprint density at radius 2 is 2.19 bits per heavy atom. The fourth-order valence-corrected chi connectivity index (χ4v) is 3.47. The topological polar surface area (TPSA) is 137 Å². The Hall–Kier alpha value is -3.44. The van der Waals surface area contributed by atoms with Gasteiger partial charge in [-0.25, -0.2) is 14.6 Å². The molecule has 0 aliphatic heterocycles. The average molecular weight is 444 g/mol. The van der Waals surface area contributed by atoms with Crippen LogP contribution in [0.4, 0.5) is 11.5 Å². The lowest BCUT2D eigenvalue weighted by atomic mass is 10.2. The van der Waals surface area contributed by atoms with E-state index >= 15 is 0 Å². The summed E-state index contributed by atoms with van der Waals surface area (Å²) in [5.74, 6) is 0.197. The minimum atomic E-state index is -0.292. The first-order valence-electron chi connectivity index (χ1n) is 9.55. The Morgan fingerprint density at radius 3 is 2.97 bits per heavy atom. The summed E-state index contributed by atoms with van der Waals surface area (Å²) >= 11 is 6.05. The molecule has 0 radical (unpaired) electrons. The zero-order chi connectivity index (χ0) is 22.1. The number of carbonyl (C=O) groups is 1. The van der Waals surface area contributed by atoms with Crippen LogP contribution in [0, 0.1) is 0 Å². The van der Waals surface area contributed by atoms with Crippen molar-refractivity contribution >= 4 is 45.7 Å². The molecule has 1 amide bonds. The fourth-order valence-electron chi connectivity index (χ4n) is 3.29. The quantitative estimate of drug-likeness (QED) is 0.366. The van der Waals surface area contributed by atoms with Gasteiger partial charge < -0.3 is 21.1 Å². The number of nitrogens with one attached hydrogen (secondary N) is 2. The lowest BCUT2D eigenvalue weighted by Crippen LogP contribution is -2.36. The van der Waals surface area contributed by atoms with Crippen molar-refractivity contribution in [2.75, 3.05) is 24.7 Å². The number of aromatic nitrogens is 6. The van der Waals surface area contributed by atoms with Crippen molar-refractivity contribution in [3.05, 3.63) is 40.9 Å². The van der Waals surface area contributed by atoms with Crippen LogP contribution in [0.1, 0.15) is 23.0 Å². The highest BCUT2D eigenvalue weighted by Gasteiger charge is 2.17. The molecule has 3 aromatic heterocycles. The average Bonchev–Trinajstić information content (AvgIpc) is 3.31. The number of fused-ring (bicyclic) bond motifs is 2. The van der Waals surface area contributed by atoms with Gasteiger partial charge in [-0.2, -0.15) is 0 Å². The Kier molecular flexibility index (Phi) is 5.61. The lowest BCUT2D eigenvalue weighted by molar-refractivity contribution is 0.0816. The summed E-state index contributed by atoms with van der Waals surface area (Å²) in [4.78, 5) is 21.1. The van der Waals surface area contributed by atoms with Gasteiger partial charge in [0, 0.05) is 26.3 Å². The predicted octanol–water partition coefficient (Wildman–Crippen LogP) is 1.62. The van der Waals surface area contributed by atoms with Crippen LogP contribution in [0.5, 0.6) is 0 Å². The third-order valence-electron chi connectivity index (χ3n) is 4.75. The first-order chi connectivity index (χ1) is 14.9. The molecule has 4 rings (SSSR count). The number of rotatable bonds is 7. The molecule has 0 saturated carbocycles. The first-order valence-corrected chi connectivity index (χ1v) is 9.93. The van der Waals surface area contributed by atoms with E-state index in [1.165, 1.54) is 6.20 Å². The highest BCUT2D eigenvalue weighted by molar-refractivity contribution is 6.29. The van der Waals surface area contributed by atoms with Gasteiger partial charge in [0.2, 0.25) is 0 Å². The van der Waals surface area contributed by atoms with Crippen LogP contribution in [0.25, 0.3) is 16.7 Å². The van der Waals surface area contributed by atoms with E-state index in [-0.39, 0.29) is 17.1 Å². The number of amides is 1. The monoisotopic (exact) mass is 443 g/mol. The van der Waals surface area contributed by atoms with Gasteiger partial charge in [-0.15, -0.1) is 5.10 Å². The highest BCUT2D eigenvalue weighted by atomic mass is 35.5. The predicted molar refractivity (Wildman–Crippen MR) is 117 cm³/mol. The fraction of sp³-hybridized carbons (Fsp3) is 0.316. The molecule has 0 spiro atoms. The molecular formula is C19H22ClN9O2. The Morgan fingerprint density at radius 1 is 1.39 bits per heavy atom. The number of halogens is 1. The van der Waals surface area contributed by atoms with Crippen molar-refractivity contribution < 1.29 is 9.53 Å². The molecule has 1 unspecified atom stereocenters. The van der Waals surface area contributed by atoms with Crippen molar-refractivity contribution in [1.29, 1.82) is 0 Å². The van der Waals surface area contributed by atoms with E-state index < -0.39 is 0 Å². The van der Waals surface area contributed by atoms with E-state index in [9.17, 15) is 4.79 Å². The SMILES string of the molecule is CNc1nc(Cl)cn2c(C(=O)NC(C)COCc3cc(N)c4nnn(C)c4c3)cnc12. The van der Waals surface area contributed by atoms with Crippen LogP contribution in [-0.2, 0) is 18.4 Å². The second-order valence-electron chi connectivity index (χ2n) is 7.15. The summed E-state index contributed by atoms with van der Waals surface area (Å²) in [5, 5.41) is 14.1. The molecule has 162 valence electrons. The molecule has 1 aromatic carbocycles. The molecule has 0 fully saturated rings. The summed E-state index contributed by atoms with van der Waals surface area (Å²) < 4.78 is 9.04. The van der Waals surface area contributed by atoms with Gasteiger partial charge >= 0.3 is 0 Å². The van der Waals surface area contributed by atoms with E-state index in [1.807, 2.05) is 19.1 Å². The van der Waals surface area contributed by atoms with Gasteiger partial charge in [0.05, 0.1) is 30.6 Å². The summed E-state index contributed by atoms with van der Waals surface area (Å²) in [6.07, 6.45) is 3.03. The summed E-state index contributed by atoms with van der Waals surface area (Å²) in [6, 6.07) is 3.51. The van der Waals surface area contributed by atoms with Gasteiger partial charge in [-0.1, -0.05) is 16.8 Å². The zero-order valence-corrected chi connectivity index (χ0v) is 18.0. The van der Waals surface area contributed by atoms with Crippen LogP contribution < -0.4 is 16.4 Å². The number of hydrogen-bond acceptors (Lipinski definition) is 8. The number of anilines is 2. The molecule has 0 bridgehead atoms. The van der Waals surface area contributed by atoms with Crippen LogP contribution in [0.3, 0.4) is 0 Å². The largest absolute Gasteiger partial charge is 0.397 e. The number of nitrogens with two attached hydrogens (primary N) is 1. The Labute approximate surface area is 182 Å². The van der Waals surface area contributed by atoms with E-state index in [0.29, 0.717) is 41.6 Å². The third-order valence-corrected chi connectivity index (χ3v) is 4.94. The molecule has 0 aliphatic carbocycles. The molecule has 11 nitrogen and oxygen atoms in total. The molecule has 4 aromatic rings. The van der Waals surface area contributed by atoms with Crippen LogP contribution in [0.15, 0.2) is 24.5 Å². The second-order valence-corrected chi connectivity index (χ2v) is 7.54. The number of aryl methyl sites for hydroxylation is 1. The molecule has 4 N–H and O–H groups in total. The van der Waals surface area contributed by atoms with E-state index in [1.54, 1.807) is 29.4 Å². The molecule has 0 aliphatic rings. The second kappa shape index (κ2) is 8.36. The third kappa shape index (κ3) is 4.09. The molecule has 31 heavy (non-hydrogen) atoms. The number of hydrogen-bond donors (Lipinski definition) is 3. The maximum Gasteiger partial charge on any atom is 0.270 e. The van der Waals surface area contributed by atoms with Crippen molar-refractivity contribution in [3.63, 3.8) is 0 Å². The maximum atomic E-state index is 12.7. The summed E-state index contributed by atoms with van der Waals surface area (Å²) in [5.41, 5.74) is 9.85. The molecule has 12 heteroatoms. The first kappa shape index (κ1) is 20.8. The number of ether oxygens (including phenoxy) is 1. The molecule has 0 saturated heterocycles. The normalized spacial score (nSPS) is 12.4. The smallest absolute Gasteiger partial charge is 0.270 e. The molecule has 1 atom stereocenters. The van der Waals surface area contributed by atoms with Gasteiger partial charge in [-0.3, -0.25) is 9.20 Å². The van der Waals surface area contributed by atoms with E-state index in [4.69, 9.17) is 22.1 Å². The van der Waals surface area contributed by atoms with Crippen LogP contribution in [-0.4, -0.2) is 55.0 Å². The van der Waals surface area contributed by atoms with E-state index in [2.05, 4.69) is 30.9 Å². The van der Waals surface area contributed by atoms with Gasteiger partial charge in [0.1, 0.15) is 16.4 Å². The summed E-state index contributed by atoms with van der Waals surface area (Å²) in [6.45, 7) is 2.51. The standard InChI is InChI=1S/C19H22ClN9O2/c1-10(8-31-9-11-4-12(21)16-13(5-11)28(3)27-26-16)24-19(30)14-6-23-18-17(22-2)25-15(20)7-29(14)18/h4-7,10H,8-9,21H2,1-3H3,(H,22,25)(H,24,30). The Balaban J connectivity index is 1.39. The number of benzene rings is 1. The minimum absolute atomic E-state index is 0.237. The number of carbonyl (C=O) groups excluding carboxylic acids is 1. The number of nitrogens with zero attached hydrogens (tertiary/aromatic N) is 6. The van der Waals surface area contributed by atoms with Gasteiger partial charge in [0.15, 0.2) is 11.5 Å². The van der Waals surface area contributed by atoms with Crippen molar-refractivity contribution in [2.24, 2.45) is 7.05 Å². The maximum absolute atomic E-state index is 12.7. The van der Waals surface area contributed by atoms with Crippen molar-refractivity contribution in [2.45, 2.75) is 19.6 Å². The van der Waals surface area contributed by atoms with Crippen LogP contribution in [0.2, 0.25) is 5.15 Å². The molecule has 3 heterocycles. The van der Waals surface area contributed by atoms with Crippen molar-refractivity contribution in [1.82, 2.24) is 34.7 Å². The van der Waals surface area contributed by atoms with Crippen LogP contribution >= 0.6 is 11.6 Å². The lowest BCUT2D eigenvalue weighted by Gasteiger charge is -2.14. The zero-order valence-electron chi connectivity index (χ0n) is 17.3. The Bertz CT molecular complexity index is 1270. The number of imidazole rings is 1. The minimum Gasteiger partial charge on any atom is -0.397 e. The summed E-state index contributed by atoms with van der Waals surface area (Å²) in [7, 11) is 3.52. The molecular weight excluding hydrogens is 422 g/mol. The number of nitrogen functional groups attached to an aromatic ring is 1. The van der Waals surface area contributed by atoms with Gasteiger partial charge in [0.25, 0.3) is 5.91 Å². The van der Waals surface area contributed by atoms with Crippen molar-refractivity contribution in [3.8, 4) is 0 Å².